The van der Waals surface area contributed by atoms with Gasteiger partial charge in [-0.05, 0) is 81.2 Å². The molecule has 2 fully saturated rings. The molecule has 0 unspecified atom stereocenters. The summed E-state index contributed by atoms with van der Waals surface area (Å²) in [5.41, 5.74) is 4.33. The van der Waals surface area contributed by atoms with E-state index in [0.717, 1.165) is 68.5 Å². The molecule has 2 aliphatic rings. The van der Waals surface area contributed by atoms with Gasteiger partial charge in [0, 0.05) is 48.5 Å². The monoisotopic (exact) mass is 468 g/mol. The van der Waals surface area contributed by atoms with E-state index in [2.05, 4.69) is 28.1 Å². The number of aryl methyl sites for hydroxylation is 2. The molecule has 1 N–H and O–H groups in total. The van der Waals surface area contributed by atoms with Crippen LogP contribution in [-0.2, 0) is 9.59 Å². The van der Waals surface area contributed by atoms with Gasteiger partial charge in [-0.2, -0.15) is 0 Å². The Morgan fingerprint density at radius 2 is 1.67 bits per heavy atom. The lowest BCUT2D eigenvalue weighted by Crippen LogP contribution is -2.52. The van der Waals surface area contributed by atoms with Crippen LogP contribution in [0.2, 0.25) is 5.02 Å². The second-order valence-corrected chi connectivity index (χ2v) is 9.63. The number of piperazine rings is 1. The molecule has 176 valence electrons. The van der Waals surface area contributed by atoms with E-state index in [1.165, 1.54) is 11.1 Å². The Bertz CT molecular complexity index is 996. The minimum absolute atomic E-state index is 0.000155. The van der Waals surface area contributed by atoms with Gasteiger partial charge in [0.1, 0.15) is 0 Å². The van der Waals surface area contributed by atoms with Crippen molar-refractivity contribution in [2.75, 3.05) is 56.0 Å². The Morgan fingerprint density at radius 1 is 0.939 bits per heavy atom. The Kier molecular flexibility index (Phi) is 7.56. The summed E-state index contributed by atoms with van der Waals surface area (Å²) in [7, 11) is 0. The van der Waals surface area contributed by atoms with Gasteiger partial charge in [-0.3, -0.25) is 14.5 Å². The van der Waals surface area contributed by atoms with Crippen LogP contribution in [-0.4, -0.2) is 67.4 Å². The van der Waals surface area contributed by atoms with E-state index in [4.69, 9.17) is 11.6 Å². The maximum atomic E-state index is 13.1. The second kappa shape index (κ2) is 10.6. The highest BCUT2D eigenvalue weighted by Gasteiger charge is 2.31. The molecule has 6 nitrogen and oxygen atoms in total. The van der Waals surface area contributed by atoms with Crippen molar-refractivity contribution >= 4 is 34.8 Å². The molecule has 0 spiro atoms. The zero-order chi connectivity index (χ0) is 23.4. The summed E-state index contributed by atoms with van der Waals surface area (Å²) in [6, 6.07) is 13.9. The molecule has 4 rings (SSSR count). The third kappa shape index (κ3) is 6.06. The van der Waals surface area contributed by atoms with E-state index < -0.39 is 0 Å². The fourth-order valence-electron chi connectivity index (χ4n) is 4.68. The SMILES string of the molecule is Cc1ccc(NC(=O)CN2CCC(C(=O)N3CCN(c4cccc(Cl)c4)CC3)CC2)cc1C. The van der Waals surface area contributed by atoms with Crippen molar-refractivity contribution in [3.05, 3.63) is 58.6 Å². The number of nitrogens with one attached hydrogen (secondary N) is 1. The van der Waals surface area contributed by atoms with E-state index in [-0.39, 0.29) is 17.7 Å². The summed E-state index contributed by atoms with van der Waals surface area (Å²) in [6.07, 6.45) is 1.62. The first kappa shape index (κ1) is 23.6. The first-order valence-corrected chi connectivity index (χ1v) is 12.2. The molecule has 0 bridgehead atoms. The molecule has 0 atom stereocenters. The number of likely N-dealkylation sites (tertiary alicyclic amines) is 1. The topological polar surface area (TPSA) is 55.9 Å². The number of anilines is 2. The summed E-state index contributed by atoms with van der Waals surface area (Å²) in [6.45, 7) is 9.15. The molecule has 2 heterocycles. The van der Waals surface area contributed by atoms with Crippen molar-refractivity contribution in [3.8, 4) is 0 Å². The lowest BCUT2D eigenvalue weighted by Gasteiger charge is -2.39. The Morgan fingerprint density at radius 3 is 2.33 bits per heavy atom. The summed E-state index contributed by atoms with van der Waals surface area (Å²) in [4.78, 5) is 32.0. The van der Waals surface area contributed by atoms with Gasteiger partial charge in [-0.1, -0.05) is 23.7 Å². The maximum Gasteiger partial charge on any atom is 0.238 e. The molecule has 2 amide bonds. The van der Waals surface area contributed by atoms with Crippen molar-refractivity contribution in [2.24, 2.45) is 5.92 Å². The molecule has 2 aromatic rings. The molecule has 2 aliphatic heterocycles. The molecule has 2 aromatic carbocycles. The number of piperidine rings is 1. The van der Waals surface area contributed by atoms with Gasteiger partial charge < -0.3 is 15.1 Å². The normalized spacial score (nSPS) is 17.8. The van der Waals surface area contributed by atoms with Gasteiger partial charge in [0.15, 0.2) is 0 Å². The van der Waals surface area contributed by atoms with Crippen LogP contribution >= 0.6 is 11.6 Å². The predicted molar refractivity (Wildman–Crippen MR) is 134 cm³/mol. The number of benzene rings is 2. The van der Waals surface area contributed by atoms with Crippen LogP contribution in [0, 0.1) is 19.8 Å². The molecule has 7 heteroatoms. The molecule has 33 heavy (non-hydrogen) atoms. The number of carbonyl (C=O) groups excluding carboxylic acids is 2. The number of hydrogen-bond acceptors (Lipinski definition) is 4. The van der Waals surface area contributed by atoms with E-state index in [1.54, 1.807) is 0 Å². The number of hydrogen-bond donors (Lipinski definition) is 1. The molecular weight excluding hydrogens is 436 g/mol. The fraction of sp³-hybridized carbons (Fsp3) is 0.462. The van der Waals surface area contributed by atoms with Crippen LogP contribution in [0.5, 0.6) is 0 Å². The van der Waals surface area contributed by atoms with Crippen molar-refractivity contribution in [1.29, 1.82) is 0 Å². The molecule has 0 aromatic heterocycles. The van der Waals surface area contributed by atoms with Crippen LogP contribution in [0.4, 0.5) is 11.4 Å². The van der Waals surface area contributed by atoms with Gasteiger partial charge in [-0.25, -0.2) is 0 Å². The molecule has 0 radical (unpaired) electrons. The highest BCUT2D eigenvalue weighted by molar-refractivity contribution is 6.30. The average Bonchev–Trinajstić information content (AvgIpc) is 2.81. The van der Waals surface area contributed by atoms with Crippen LogP contribution in [0.3, 0.4) is 0 Å². The minimum atomic E-state index is 0.000155. The van der Waals surface area contributed by atoms with Crippen LogP contribution in [0.25, 0.3) is 0 Å². The highest BCUT2D eigenvalue weighted by atomic mass is 35.5. The van der Waals surface area contributed by atoms with E-state index >= 15 is 0 Å². The Labute approximate surface area is 201 Å². The largest absolute Gasteiger partial charge is 0.368 e. The average molecular weight is 469 g/mol. The molecule has 2 saturated heterocycles. The summed E-state index contributed by atoms with van der Waals surface area (Å²) < 4.78 is 0. The highest BCUT2D eigenvalue weighted by Crippen LogP contribution is 2.24. The third-order valence-corrected chi connectivity index (χ3v) is 7.09. The Hall–Kier alpha value is -2.57. The van der Waals surface area contributed by atoms with E-state index in [9.17, 15) is 9.59 Å². The zero-order valence-electron chi connectivity index (χ0n) is 19.5. The van der Waals surface area contributed by atoms with Crippen LogP contribution in [0.15, 0.2) is 42.5 Å². The quantitative estimate of drug-likeness (QED) is 0.721. The van der Waals surface area contributed by atoms with Gasteiger partial charge in [-0.15, -0.1) is 0 Å². The van der Waals surface area contributed by atoms with Crippen molar-refractivity contribution in [1.82, 2.24) is 9.80 Å². The first-order chi connectivity index (χ1) is 15.9. The Balaban J connectivity index is 1.20. The predicted octanol–water partition coefficient (Wildman–Crippen LogP) is 3.96. The summed E-state index contributed by atoms with van der Waals surface area (Å²) >= 11 is 6.12. The molecular formula is C26H33ClN4O2. The molecule has 0 saturated carbocycles. The van der Waals surface area contributed by atoms with Gasteiger partial charge in [0.05, 0.1) is 6.54 Å². The number of rotatable bonds is 5. The van der Waals surface area contributed by atoms with Crippen molar-refractivity contribution < 1.29 is 9.59 Å². The lowest BCUT2D eigenvalue weighted by molar-refractivity contribution is -0.137. The number of halogens is 1. The third-order valence-electron chi connectivity index (χ3n) is 6.86. The lowest BCUT2D eigenvalue weighted by atomic mass is 9.95. The van der Waals surface area contributed by atoms with E-state index in [0.29, 0.717) is 6.54 Å². The maximum absolute atomic E-state index is 13.1. The number of carbonyl (C=O) groups is 2. The standard InChI is InChI=1S/C26H33ClN4O2/c1-19-6-7-23(16-20(19)2)28-25(32)18-29-10-8-21(9-11-29)26(33)31-14-12-30(13-15-31)24-5-3-4-22(27)17-24/h3-7,16-17,21H,8-15,18H2,1-2H3,(H,28,32). The first-order valence-electron chi connectivity index (χ1n) is 11.8. The number of nitrogens with zero attached hydrogens (tertiary/aromatic N) is 3. The van der Waals surface area contributed by atoms with E-state index in [1.807, 2.05) is 48.2 Å². The second-order valence-electron chi connectivity index (χ2n) is 9.19. The summed E-state index contributed by atoms with van der Waals surface area (Å²) in [5, 5.41) is 3.73. The van der Waals surface area contributed by atoms with Crippen LogP contribution in [0.1, 0.15) is 24.0 Å². The minimum Gasteiger partial charge on any atom is -0.368 e. The van der Waals surface area contributed by atoms with Gasteiger partial charge >= 0.3 is 0 Å². The molecule has 0 aliphatic carbocycles. The summed E-state index contributed by atoms with van der Waals surface area (Å²) in [5.74, 6) is 0.321. The smallest absolute Gasteiger partial charge is 0.238 e. The van der Waals surface area contributed by atoms with Gasteiger partial charge in [0.25, 0.3) is 0 Å². The van der Waals surface area contributed by atoms with Gasteiger partial charge in [0.2, 0.25) is 11.8 Å². The fourth-order valence-corrected chi connectivity index (χ4v) is 4.86. The zero-order valence-corrected chi connectivity index (χ0v) is 20.3. The van der Waals surface area contributed by atoms with Crippen molar-refractivity contribution in [3.63, 3.8) is 0 Å². The van der Waals surface area contributed by atoms with Crippen LogP contribution < -0.4 is 10.2 Å². The number of amides is 2. The van der Waals surface area contributed by atoms with Crippen molar-refractivity contribution in [2.45, 2.75) is 26.7 Å².